The zero-order chi connectivity index (χ0) is 19.5. The van der Waals surface area contributed by atoms with Crippen LogP contribution in [-0.4, -0.2) is 6.61 Å². The van der Waals surface area contributed by atoms with E-state index >= 15 is 0 Å². The van der Waals surface area contributed by atoms with Crippen molar-refractivity contribution in [3.63, 3.8) is 0 Å². The van der Waals surface area contributed by atoms with Gasteiger partial charge in [-0.15, -0.1) is 0 Å². The second kappa shape index (κ2) is 16.2. The molecule has 0 saturated heterocycles. The Labute approximate surface area is 173 Å². The van der Waals surface area contributed by atoms with Crippen molar-refractivity contribution in [1.29, 1.82) is 0 Å². The van der Waals surface area contributed by atoms with Crippen molar-refractivity contribution in [2.24, 2.45) is 0 Å². The van der Waals surface area contributed by atoms with Gasteiger partial charge in [0.25, 0.3) is 0 Å². The van der Waals surface area contributed by atoms with E-state index in [-0.39, 0.29) is 0 Å². The highest BCUT2D eigenvalue weighted by Gasteiger charge is 1.96. The summed E-state index contributed by atoms with van der Waals surface area (Å²) in [5, 5.41) is 0. The molecule has 0 amide bonds. The fourth-order valence-corrected chi connectivity index (χ4v) is 3.73. The predicted octanol–water partition coefficient (Wildman–Crippen LogP) is 8.38. The molecule has 1 nitrogen and oxygen atoms in total. The van der Waals surface area contributed by atoms with Crippen molar-refractivity contribution >= 4 is 0 Å². The van der Waals surface area contributed by atoms with Crippen molar-refractivity contribution in [1.82, 2.24) is 0 Å². The Hall–Kier alpha value is -1.76. The molecule has 0 unspecified atom stereocenters. The van der Waals surface area contributed by atoms with Crippen molar-refractivity contribution in [3.8, 4) is 5.75 Å². The fourth-order valence-electron chi connectivity index (χ4n) is 3.73. The van der Waals surface area contributed by atoms with Gasteiger partial charge in [0, 0.05) is 0 Å². The molecule has 0 spiro atoms. The molecule has 1 heteroatoms. The molecule has 0 bridgehead atoms. The molecule has 0 radical (unpaired) electrons. The van der Waals surface area contributed by atoms with Crippen LogP contribution < -0.4 is 4.74 Å². The standard InChI is InChI=1S/C27H40O/c1(2-4-6-8-10-14-20-26-21-15-12-16-22-26)3-5-7-9-11-19-25-28-27-23-17-13-18-24-27/h12-13,15-18,21-24H,1-11,14,19-20,25H2. The van der Waals surface area contributed by atoms with Gasteiger partial charge in [-0.25, -0.2) is 0 Å². The van der Waals surface area contributed by atoms with Gasteiger partial charge in [-0.05, 0) is 37.0 Å². The van der Waals surface area contributed by atoms with Gasteiger partial charge in [-0.1, -0.05) is 119 Å². The molecule has 2 rings (SSSR count). The number of unbranched alkanes of at least 4 members (excludes halogenated alkanes) is 12. The number of aryl methyl sites for hydroxylation is 1. The third-order valence-electron chi connectivity index (χ3n) is 5.46. The molecule has 0 aliphatic carbocycles. The zero-order valence-corrected chi connectivity index (χ0v) is 17.8. The molecule has 0 aromatic heterocycles. The number of rotatable bonds is 17. The maximum Gasteiger partial charge on any atom is 0.119 e. The van der Waals surface area contributed by atoms with Crippen LogP contribution in [0.15, 0.2) is 60.7 Å². The van der Waals surface area contributed by atoms with Crippen molar-refractivity contribution in [3.05, 3.63) is 66.2 Å². The Balaban J connectivity index is 1.25. The molecular formula is C27H40O. The summed E-state index contributed by atoms with van der Waals surface area (Å²) in [5.41, 5.74) is 1.49. The number of ether oxygens (including phenoxy) is 1. The van der Waals surface area contributed by atoms with Crippen LogP contribution in [0.3, 0.4) is 0 Å². The second-order valence-corrected chi connectivity index (χ2v) is 7.99. The average Bonchev–Trinajstić information content (AvgIpc) is 2.75. The highest BCUT2D eigenvalue weighted by molar-refractivity contribution is 5.20. The summed E-state index contributed by atoms with van der Waals surface area (Å²) in [6, 6.07) is 21.0. The lowest BCUT2D eigenvalue weighted by molar-refractivity contribution is 0.304. The number of hydrogen-bond donors (Lipinski definition) is 0. The third kappa shape index (κ3) is 11.8. The Kier molecular flexibility index (Phi) is 13.0. The fraction of sp³-hybridized carbons (Fsp3) is 0.556. The van der Waals surface area contributed by atoms with Crippen molar-refractivity contribution in [2.75, 3.05) is 6.61 Å². The van der Waals surface area contributed by atoms with Gasteiger partial charge < -0.3 is 4.74 Å². The van der Waals surface area contributed by atoms with E-state index in [0.717, 1.165) is 12.4 Å². The molecule has 28 heavy (non-hydrogen) atoms. The van der Waals surface area contributed by atoms with Crippen LogP contribution in [0, 0.1) is 0 Å². The van der Waals surface area contributed by atoms with E-state index in [0.29, 0.717) is 0 Å². The summed E-state index contributed by atoms with van der Waals surface area (Å²) in [6.45, 7) is 0.857. The van der Waals surface area contributed by atoms with Gasteiger partial charge in [-0.2, -0.15) is 0 Å². The van der Waals surface area contributed by atoms with Crippen LogP contribution in [-0.2, 0) is 6.42 Å². The van der Waals surface area contributed by atoms with Crippen LogP contribution in [0.4, 0.5) is 0 Å². The van der Waals surface area contributed by atoms with E-state index < -0.39 is 0 Å². The molecule has 2 aromatic rings. The molecule has 0 N–H and O–H groups in total. The van der Waals surface area contributed by atoms with Gasteiger partial charge >= 0.3 is 0 Å². The minimum Gasteiger partial charge on any atom is -0.494 e. The smallest absolute Gasteiger partial charge is 0.119 e. The Bertz CT molecular complexity index is 510. The monoisotopic (exact) mass is 380 g/mol. The maximum absolute atomic E-state index is 5.74. The summed E-state index contributed by atoms with van der Waals surface area (Å²) in [5.74, 6) is 0.999. The first-order valence-electron chi connectivity index (χ1n) is 11.7. The van der Waals surface area contributed by atoms with Crippen LogP contribution in [0.1, 0.15) is 89.0 Å². The number of hydrogen-bond acceptors (Lipinski definition) is 1. The van der Waals surface area contributed by atoms with E-state index in [1.807, 2.05) is 30.3 Å². The maximum atomic E-state index is 5.74. The molecule has 0 atom stereocenters. The van der Waals surface area contributed by atoms with Gasteiger partial charge in [0.2, 0.25) is 0 Å². The lowest BCUT2D eigenvalue weighted by Crippen LogP contribution is -1.96. The Morgan fingerprint density at radius 2 is 0.857 bits per heavy atom. The summed E-state index contributed by atoms with van der Waals surface area (Å²) < 4.78 is 5.74. The van der Waals surface area contributed by atoms with E-state index in [9.17, 15) is 0 Å². The van der Waals surface area contributed by atoms with E-state index in [2.05, 4.69) is 30.3 Å². The quantitative estimate of drug-likeness (QED) is 0.250. The molecule has 0 saturated carbocycles. The van der Waals surface area contributed by atoms with Gasteiger partial charge in [0.05, 0.1) is 6.61 Å². The molecule has 0 heterocycles. The summed E-state index contributed by atoms with van der Waals surface area (Å²) in [4.78, 5) is 0. The van der Waals surface area contributed by atoms with E-state index in [4.69, 9.17) is 4.74 Å². The molecular weight excluding hydrogens is 340 g/mol. The van der Waals surface area contributed by atoms with Gasteiger partial charge in [0.1, 0.15) is 5.75 Å². The highest BCUT2D eigenvalue weighted by atomic mass is 16.5. The lowest BCUT2D eigenvalue weighted by atomic mass is 10.0. The van der Waals surface area contributed by atoms with Crippen molar-refractivity contribution < 1.29 is 4.74 Å². The van der Waals surface area contributed by atoms with Crippen LogP contribution in [0.2, 0.25) is 0 Å². The first-order valence-corrected chi connectivity index (χ1v) is 11.7. The average molecular weight is 381 g/mol. The molecule has 0 aliphatic rings. The molecule has 154 valence electrons. The Morgan fingerprint density at radius 3 is 1.39 bits per heavy atom. The SMILES string of the molecule is c1ccc(CCCCCCCCCCCCCCCOc2ccccc2)cc1. The van der Waals surface area contributed by atoms with Crippen LogP contribution >= 0.6 is 0 Å². The highest BCUT2D eigenvalue weighted by Crippen LogP contribution is 2.14. The number of benzene rings is 2. The summed E-state index contributed by atoms with van der Waals surface area (Å²) in [7, 11) is 0. The summed E-state index contributed by atoms with van der Waals surface area (Å²) in [6.07, 6.45) is 19.2. The largest absolute Gasteiger partial charge is 0.494 e. The molecule has 2 aromatic carbocycles. The first kappa shape index (κ1) is 22.5. The zero-order valence-electron chi connectivity index (χ0n) is 17.8. The normalized spacial score (nSPS) is 10.9. The minimum atomic E-state index is 0.857. The summed E-state index contributed by atoms with van der Waals surface area (Å²) >= 11 is 0. The number of para-hydroxylation sites is 1. The lowest BCUT2D eigenvalue weighted by Gasteiger charge is -2.06. The van der Waals surface area contributed by atoms with Crippen LogP contribution in [0.25, 0.3) is 0 Å². The minimum absolute atomic E-state index is 0.857. The van der Waals surface area contributed by atoms with Crippen LogP contribution in [0.5, 0.6) is 5.75 Å². The van der Waals surface area contributed by atoms with Gasteiger partial charge in [-0.3, -0.25) is 0 Å². The topological polar surface area (TPSA) is 9.23 Å². The predicted molar refractivity (Wildman–Crippen MR) is 122 cm³/mol. The van der Waals surface area contributed by atoms with E-state index in [1.165, 1.54) is 95.5 Å². The first-order chi connectivity index (χ1) is 13.9. The molecule has 0 fully saturated rings. The van der Waals surface area contributed by atoms with E-state index in [1.54, 1.807) is 0 Å². The van der Waals surface area contributed by atoms with Gasteiger partial charge in [0.15, 0.2) is 0 Å². The Morgan fingerprint density at radius 1 is 0.429 bits per heavy atom. The molecule has 0 aliphatic heterocycles. The second-order valence-electron chi connectivity index (χ2n) is 7.99. The van der Waals surface area contributed by atoms with Crippen molar-refractivity contribution in [2.45, 2.75) is 89.9 Å². The third-order valence-corrected chi connectivity index (χ3v) is 5.46.